The molecule has 2 aromatic rings. The fraction of sp³-hybridized carbons (Fsp3) is 0.429. The maximum atomic E-state index is 13.2. The fourth-order valence-corrected chi connectivity index (χ4v) is 4.04. The molecule has 1 atom stereocenters. The Labute approximate surface area is 159 Å². The third kappa shape index (κ3) is 3.62. The van der Waals surface area contributed by atoms with Gasteiger partial charge >= 0.3 is 0 Å². The van der Waals surface area contributed by atoms with Gasteiger partial charge in [-0.1, -0.05) is 24.3 Å². The summed E-state index contributed by atoms with van der Waals surface area (Å²) in [5.41, 5.74) is 2.56. The van der Waals surface area contributed by atoms with E-state index >= 15 is 0 Å². The molecule has 1 aromatic heterocycles. The molecule has 1 saturated heterocycles. The van der Waals surface area contributed by atoms with E-state index in [9.17, 15) is 9.59 Å². The first kappa shape index (κ1) is 17.8. The van der Waals surface area contributed by atoms with E-state index in [1.807, 2.05) is 24.1 Å². The summed E-state index contributed by atoms with van der Waals surface area (Å²) in [5.74, 6) is 0.427. The molecule has 27 heavy (non-hydrogen) atoms. The lowest BCUT2D eigenvalue weighted by atomic mass is 9.93. The lowest BCUT2D eigenvalue weighted by Gasteiger charge is -2.36. The molecule has 6 nitrogen and oxygen atoms in total. The Hall–Kier alpha value is -2.60. The molecule has 0 saturated carbocycles. The highest BCUT2D eigenvalue weighted by molar-refractivity contribution is 5.91. The van der Waals surface area contributed by atoms with Crippen LogP contribution in [0, 0.1) is 0 Å². The molecule has 1 unspecified atom stereocenters. The van der Waals surface area contributed by atoms with Gasteiger partial charge in [0.05, 0.1) is 12.3 Å². The number of carbonyl (C=O) groups excluding carboxylic acids is 2. The Morgan fingerprint density at radius 2 is 1.70 bits per heavy atom. The van der Waals surface area contributed by atoms with Crippen molar-refractivity contribution in [2.24, 2.45) is 0 Å². The minimum atomic E-state index is -0.132. The third-order valence-electron chi connectivity index (χ3n) is 5.60. The Morgan fingerprint density at radius 1 is 0.963 bits per heavy atom. The highest BCUT2D eigenvalue weighted by Crippen LogP contribution is 2.23. The van der Waals surface area contributed by atoms with Crippen molar-refractivity contribution in [1.29, 1.82) is 0 Å². The van der Waals surface area contributed by atoms with Crippen molar-refractivity contribution in [2.75, 3.05) is 33.2 Å². The second-order valence-electron chi connectivity index (χ2n) is 7.35. The van der Waals surface area contributed by atoms with Crippen LogP contribution < -0.4 is 0 Å². The molecule has 0 radical (unpaired) electrons. The van der Waals surface area contributed by atoms with Gasteiger partial charge in [0.1, 0.15) is 0 Å². The summed E-state index contributed by atoms with van der Waals surface area (Å²) < 4.78 is 5.23. The van der Waals surface area contributed by atoms with Crippen LogP contribution in [0.15, 0.2) is 47.1 Å². The Balaban J connectivity index is 1.42. The number of furan rings is 1. The van der Waals surface area contributed by atoms with Crippen LogP contribution in [-0.2, 0) is 17.8 Å². The first-order chi connectivity index (χ1) is 13.1. The van der Waals surface area contributed by atoms with Crippen LogP contribution in [0.25, 0.3) is 0 Å². The molecule has 0 bridgehead atoms. The number of likely N-dealkylation sites (N-methyl/N-ethyl adjacent to an activating group) is 1. The number of hydrogen-bond acceptors (Lipinski definition) is 4. The highest BCUT2D eigenvalue weighted by Gasteiger charge is 2.33. The fourth-order valence-electron chi connectivity index (χ4n) is 4.04. The Morgan fingerprint density at radius 3 is 2.48 bits per heavy atom. The zero-order chi connectivity index (χ0) is 18.8. The van der Waals surface area contributed by atoms with Crippen LogP contribution in [-0.4, -0.2) is 65.8 Å². The number of hydrogen-bond donors (Lipinski definition) is 0. The van der Waals surface area contributed by atoms with Gasteiger partial charge in [-0.05, 0) is 43.1 Å². The van der Waals surface area contributed by atoms with Crippen LogP contribution in [0.2, 0.25) is 0 Å². The molecule has 3 heterocycles. The van der Waals surface area contributed by atoms with Gasteiger partial charge in [0.25, 0.3) is 5.91 Å². The second-order valence-corrected chi connectivity index (χ2v) is 7.35. The number of nitrogens with zero attached hydrogens (tertiary/aromatic N) is 3. The molecule has 1 aromatic carbocycles. The summed E-state index contributed by atoms with van der Waals surface area (Å²) >= 11 is 0. The summed E-state index contributed by atoms with van der Waals surface area (Å²) in [6, 6.07) is 11.6. The molecule has 2 amide bonds. The average molecular weight is 367 g/mol. The van der Waals surface area contributed by atoms with E-state index in [1.54, 1.807) is 17.0 Å². The quantitative estimate of drug-likeness (QED) is 0.815. The minimum Gasteiger partial charge on any atom is -0.459 e. The minimum absolute atomic E-state index is 0.0991. The van der Waals surface area contributed by atoms with E-state index in [1.165, 1.54) is 17.4 Å². The summed E-state index contributed by atoms with van der Waals surface area (Å²) in [5, 5.41) is 0. The molecule has 4 rings (SSSR count). The first-order valence-electron chi connectivity index (χ1n) is 9.52. The summed E-state index contributed by atoms with van der Waals surface area (Å²) in [4.78, 5) is 31.5. The normalized spacial score (nSPS) is 20.9. The van der Waals surface area contributed by atoms with E-state index < -0.39 is 0 Å². The van der Waals surface area contributed by atoms with Gasteiger partial charge in [-0.15, -0.1) is 0 Å². The molecule has 0 aliphatic carbocycles. The standard InChI is InChI=1S/C21H25N3O3/c1-22-15-17-7-3-2-6-16(17)14-18(22)20(25)23-9-5-10-24(12-11-23)21(26)19-8-4-13-27-19/h2-4,6-8,13,18H,5,9-12,14-15H2,1H3. The van der Waals surface area contributed by atoms with Crippen molar-refractivity contribution in [3.8, 4) is 0 Å². The zero-order valence-electron chi connectivity index (χ0n) is 15.6. The topological polar surface area (TPSA) is 57.0 Å². The van der Waals surface area contributed by atoms with E-state index in [4.69, 9.17) is 4.42 Å². The Kier molecular flexibility index (Phi) is 4.99. The van der Waals surface area contributed by atoms with Crippen LogP contribution in [0.3, 0.4) is 0 Å². The highest BCUT2D eigenvalue weighted by atomic mass is 16.3. The lowest BCUT2D eigenvalue weighted by molar-refractivity contribution is -0.137. The second kappa shape index (κ2) is 7.56. The molecule has 2 aliphatic heterocycles. The van der Waals surface area contributed by atoms with Crippen molar-refractivity contribution in [3.63, 3.8) is 0 Å². The van der Waals surface area contributed by atoms with Gasteiger partial charge in [0, 0.05) is 32.7 Å². The SMILES string of the molecule is CN1Cc2ccccc2CC1C(=O)N1CCCN(C(=O)c2ccco2)CC1. The van der Waals surface area contributed by atoms with Crippen LogP contribution in [0.1, 0.15) is 28.1 Å². The summed E-state index contributed by atoms with van der Waals surface area (Å²) in [6.45, 7) is 3.23. The molecule has 0 spiro atoms. The Bertz CT molecular complexity index is 818. The third-order valence-corrected chi connectivity index (χ3v) is 5.60. The van der Waals surface area contributed by atoms with E-state index in [-0.39, 0.29) is 17.9 Å². The van der Waals surface area contributed by atoms with Gasteiger partial charge in [-0.2, -0.15) is 0 Å². The van der Waals surface area contributed by atoms with Gasteiger partial charge in [0.15, 0.2) is 5.76 Å². The predicted octanol–water partition coefficient (Wildman–Crippen LogP) is 2.01. The average Bonchev–Trinajstić information content (AvgIpc) is 3.11. The molecule has 2 aliphatic rings. The van der Waals surface area contributed by atoms with Crippen molar-refractivity contribution in [3.05, 3.63) is 59.5 Å². The largest absolute Gasteiger partial charge is 0.459 e. The smallest absolute Gasteiger partial charge is 0.289 e. The van der Waals surface area contributed by atoms with Gasteiger partial charge in [-0.25, -0.2) is 0 Å². The number of amides is 2. The molecule has 142 valence electrons. The predicted molar refractivity (Wildman–Crippen MR) is 101 cm³/mol. The van der Waals surface area contributed by atoms with Crippen molar-refractivity contribution < 1.29 is 14.0 Å². The lowest BCUT2D eigenvalue weighted by Crippen LogP contribution is -2.51. The van der Waals surface area contributed by atoms with E-state index in [2.05, 4.69) is 17.0 Å². The van der Waals surface area contributed by atoms with Gasteiger partial charge in [0.2, 0.25) is 5.91 Å². The summed E-state index contributed by atoms with van der Waals surface area (Å²) in [7, 11) is 2.02. The maximum Gasteiger partial charge on any atom is 0.289 e. The zero-order valence-corrected chi connectivity index (χ0v) is 15.6. The van der Waals surface area contributed by atoms with Crippen LogP contribution in [0.5, 0.6) is 0 Å². The van der Waals surface area contributed by atoms with Crippen LogP contribution >= 0.6 is 0 Å². The number of rotatable bonds is 2. The van der Waals surface area contributed by atoms with Crippen LogP contribution in [0.4, 0.5) is 0 Å². The van der Waals surface area contributed by atoms with E-state index in [0.717, 1.165) is 19.4 Å². The number of carbonyl (C=O) groups is 2. The maximum absolute atomic E-state index is 13.2. The van der Waals surface area contributed by atoms with Crippen molar-refractivity contribution in [2.45, 2.75) is 25.4 Å². The monoisotopic (exact) mass is 367 g/mol. The molecular weight excluding hydrogens is 342 g/mol. The molecular formula is C21H25N3O3. The number of fused-ring (bicyclic) bond motifs is 1. The number of benzene rings is 1. The van der Waals surface area contributed by atoms with Gasteiger partial charge in [-0.3, -0.25) is 14.5 Å². The molecule has 6 heteroatoms. The summed E-state index contributed by atoms with van der Waals surface area (Å²) in [6.07, 6.45) is 3.04. The van der Waals surface area contributed by atoms with Gasteiger partial charge < -0.3 is 14.2 Å². The molecule has 1 fully saturated rings. The first-order valence-corrected chi connectivity index (χ1v) is 9.52. The van der Waals surface area contributed by atoms with E-state index in [0.29, 0.717) is 31.9 Å². The van der Waals surface area contributed by atoms with Crippen molar-refractivity contribution in [1.82, 2.24) is 14.7 Å². The van der Waals surface area contributed by atoms with Crippen molar-refractivity contribution >= 4 is 11.8 Å². The molecule has 0 N–H and O–H groups in total.